The molecule has 0 unspecified atom stereocenters. The highest BCUT2D eigenvalue weighted by Gasteiger charge is 2.15. The van der Waals surface area contributed by atoms with E-state index in [2.05, 4.69) is 10.3 Å². The van der Waals surface area contributed by atoms with Crippen LogP contribution in [0.25, 0.3) is 21.0 Å². The van der Waals surface area contributed by atoms with Crippen LogP contribution >= 0.6 is 11.3 Å². The molecule has 128 valence electrons. The van der Waals surface area contributed by atoms with E-state index in [4.69, 9.17) is 0 Å². The highest BCUT2D eigenvalue weighted by atomic mass is 32.1. The molecular formula is C19H13N3O3S. The normalized spacial score (nSPS) is 11.0. The number of hydrogen-bond acceptors (Lipinski definition) is 5. The number of carbonyl (C=O) groups excluding carboxylic acids is 1. The number of aromatic nitrogens is 1. The van der Waals surface area contributed by atoms with Crippen molar-refractivity contribution in [3.05, 3.63) is 75.8 Å². The molecule has 4 aromatic rings. The second-order valence-corrected chi connectivity index (χ2v) is 6.90. The third-order valence-corrected chi connectivity index (χ3v) is 5.10. The summed E-state index contributed by atoms with van der Waals surface area (Å²) >= 11 is 1.40. The molecule has 7 heteroatoms. The minimum atomic E-state index is -0.463. The van der Waals surface area contributed by atoms with Crippen molar-refractivity contribution < 1.29 is 9.72 Å². The number of nitrogens with one attached hydrogen (secondary N) is 1. The first kappa shape index (κ1) is 16.2. The van der Waals surface area contributed by atoms with Gasteiger partial charge in [0.05, 0.1) is 15.1 Å². The molecular weight excluding hydrogens is 350 g/mol. The van der Waals surface area contributed by atoms with E-state index < -0.39 is 4.92 Å². The molecule has 4 rings (SSSR count). The molecule has 26 heavy (non-hydrogen) atoms. The van der Waals surface area contributed by atoms with Gasteiger partial charge in [0, 0.05) is 22.6 Å². The van der Waals surface area contributed by atoms with Crippen LogP contribution in [-0.2, 0) is 0 Å². The lowest BCUT2D eigenvalue weighted by Crippen LogP contribution is -2.12. The zero-order chi connectivity index (χ0) is 18.3. The van der Waals surface area contributed by atoms with E-state index in [-0.39, 0.29) is 11.6 Å². The Morgan fingerprint density at radius 3 is 2.73 bits per heavy atom. The van der Waals surface area contributed by atoms with Crippen LogP contribution in [0.15, 0.2) is 54.6 Å². The molecule has 1 N–H and O–H groups in total. The minimum Gasteiger partial charge on any atom is -0.298 e. The predicted molar refractivity (Wildman–Crippen MR) is 103 cm³/mol. The molecule has 1 aromatic heterocycles. The maximum absolute atomic E-state index is 12.5. The number of carbonyl (C=O) groups is 1. The summed E-state index contributed by atoms with van der Waals surface area (Å²) in [5.74, 6) is -0.341. The Hall–Kier alpha value is -3.32. The summed E-state index contributed by atoms with van der Waals surface area (Å²) in [5, 5.41) is 16.3. The van der Waals surface area contributed by atoms with Crippen molar-refractivity contribution in [3.8, 4) is 0 Å². The summed E-state index contributed by atoms with van der Waals surface area (Å²) in [4.78, 5) is 27.5. The molecule has 3 aromatic carbocycles. The molecule has 0 radical (unpaired) electrons. The van der Waals surface area contributed by atoms with Gasteiger partial charge in [0.2, 0.25) is 0 Å². The number of aryl methyl sites for hydroxylation is 1. The first-order valence-electron chi connectivity index (χ1n) is 7.87. The maximum atomic E-state index is 12.5. The monoisotopic (exact) mass is 363 g/mol. The Morgan fingerprint density at radius 2 is 1.96 bits per heavy atom. The number of anilines is 1. The van der Waals surface area contributed by atoms with Gasteiger partial charge < -0.3 is 0 Å². The van der Waals surface area contributed by atoms with E-state index in [9.17, 15) is 14.9 Å². The Bertz CT molecular complexity index is 1180. The van der Waals surface area contributed by atoms with Crippen molar-refractivity contribution in [1.82, 2.24) is 4.98 Å². The second-order valence-electron chi connectivity index (χ2n) is 5.86. The molecule has 0 aliphatic rings. The number of nitrogens with zero attached hydrogens (tertiary/aromatic N) is 2. The Morgan fingerprint density at radius 1 is 1.15 bits per heavy atom. The van der Waals surface area contributed by atoms with Gasteiger partial charge in [-0.05, 0) is 30.5 Å². The van der Waals surface area contributed by atoms with Gasteiger partial charge in [-0.2, -0.15) is 0 Å². The highest BCUT2D eigenvalue weighted by molar-refractivity contribution is 7.22. The van der Waals surface area contributed by atoms with Crippen LogP contribution in [0.5, 0.6) is 0 Å². The molecule has 0 atom stereocenters. The van der Waals surface area contributed by atoms with Crippen molar-refractivity contribution in [2.24, 2.45) is 0 Å². The summed E-state index contributed by atoms with van der Waals surface area (Å²) in [5.41, 5.74) is 1.64. The highest BCUT2D eigenvalue weighted by Crippen LogP contribution is 2.32. The molecule has 0 saturated heterocycles. The van der Waals surface area contributed by atoms with Crippen LogP contribution < -0.4 is 5.32 Å². The molecule has 1 heterocycles. The molecule has 0 fully saturated rings. The van der Waals surface area contributed by atoms with Gasteiger partial charge in [0.25, 0.3) is 11.6 Å². The van der Waals surface area contributed by atoms with E-state index in [0.29, 0.717) is 16.3 Å². The topological polar surface area (TPSA) is 85.1 Å². The van der Waals surface area contributed by atoms with Gasteiger partial charge in [-0.3, -0.25) is 20.2 Å². The van der Waals surface area contributed by atoms with Crippen molar-refractivity contribution in [1.29, 1.82) is 0 Å². The maximum Gasteiger partial charge on any atom is 0.272 e. The van der Waals surface area contributed by atoms with Crippen LogP contribution in [0.3, 0.4) is 0 Å². The van der Waals surface area contributed by atoms with Crippen LogP contribution in [0.2, 0.25) is 0 Å². The second kappa shape index (κ2) is 6.20. The van der Waals surface area contributed by atoms with Crippen molar-refractivity contribution in [3.63, 3.8) is 0 Å². The fourth-order valence-electron chi connectivity index (χ4n) is 2.89. The molecule has 6 nitrogen and oxygen atoms in total. The number of rotatable bonds is 3. The number of fused-ring (bicyclic) bond motifs is 3. The molecule has 1 amide bonds. The molecule has 0 spiro atoms. The third-order valence-electron chi connectivity index (χ3n) is 4.16. The molecule has 0 aliphatic carbocycles. The summed E-state index contributed by atoms with van der Waals surface area (Å²) in [6, 6.07) is 16.3. The fourth-order valence-corrected chi connectivity index (χ4v) is 3.76. The van der Waals surface area contributed by atoms with E-state index >= 15 is 0 Å². The van der Waals surface area contributed by atoms with Crippen molar-refractivity contribution in [2.75, 3.05) is 5.32 Å². The van der Waals surface area contributed by atoms with Crippen LogP contribution in [0.4, 0.5) is 10.8 Å². The van der Waals surface area contributed by atoms with Gasteiger partial charge in [-0.1, -0.05) is 41.7 Å². The number of nitro benzene ring substituents is 1. The zero-order valence-electron chi connectivity index (χ0n) is 13.7. The summed E-state index contributed by atoms with van der Waals surface area (Å²) in [7, 11) is 0. The lowest BCUT2D eigenvalue weighted by Gasteiger charge is -2.03. The van der Waals surface area contributed by atoms with Crippen molar-refractivity contribution in [2.45, 2.75) is 6.92 Å². The standard InChI is InChI=1S/C19H13N3O3S/c1-11-10-13(6-8-15(11)22(24)25)18(23)21-19-20-17-14-5-3-2-4-12(14)7-9-16(17)26-19/h2-10H,1H3,(H,20,21,23). The number of amides is 1. The van der Waals surface area contributed by atoms with Gasteiger partial charge in [0.15, 0.2) is 5.13 Å². The third kappa shape index (κ3) is 2.78. The predicted octanol–water partition coefficient (Wildman–Crippen LogP) is 4.92. The zero-order valence-corrected chi connectivity index (χ0v) is 14.5. The lowest BCUT2D eigenvalue weighted by molar-refractivity contribution is -0.385. The Labute approximate surface area is 152 Å². The van der Waals surface area contributed by atoms with E-state index in [1.54, 1.807) is 6.92 Å². The van der Waals surface area contributed by atoms with E-state index in [1.807, 2.05) is 36.4 Å². The lowest BCUT2D eigenvalue weighted by atomic mass is 10.1. The largest absolute Gasteiger partial charge is 0.298 e. The number of nitro groups is 1. The average molecular weight is 363 g/mol. The fraction of sp³-hybridized carbons (Fsp3) is 0.0526. The number of benzene rings is 3. The number of thiazole rings is 1. The SMILES string of the molecule is Cc1cc(C(=O)Nc2nc3c(ccc4ccccc43)s2)ccc1[N+](=O)[O-]. The summed E-state index contributed by atoms with van der Waals surface area (Å²) < 4.78 is 0.985. The van der Waals surface area contributed by atoms with E-state index in [1.165, 1.54) is 29.5 Å². The first-order chi connectivity index (χ1) is 12.5. The quantitative estimate of drug-likeness (QED) is 0.413. The van der Waals surface area contributed by atoms with Gasteiger partial charge in [0.1, 0.15) is 0 Å². The Balaban J connectivity index is 1.66. The van der Waals surface area contributed by atoms with Gasteiger partial charge in [-0.25, -0.2) is 4.98 Å². The number of hydrogen-bond donors (Lipinski definition) is 1. The average Bonchev–Trinajstić information content (AvgIpc) is 3.04. The van der Waals surface area contributed by atoms with Crippen LogP contribution in [0.1, 0.15) is 15.9 Å². The molecule has 0 saturated carbocycles. The Kier molecular flexibility index (Phi) is 3.85. The van der Waals surface area contributed by atoms with Crippen molar-refractivity contribution >= 4 is 49.1 Å². The minimum absolute atomic E-state index is 0.00648. The summed E-state index contributed by atoms with van der Waals surface area (Å²) in [6.45, 7) is 1.61. The molecule has 0 bridgehead atoms. The van der Waals surface area contributed by atoms with E-state index in [0.717, 1.165) is 21.0 Å². The van der Waals surface area contributed by atoms with Crippen LogP contribution in [0, 0.1) is 17.0 Å². The van der Waals surface area contributed by atoms with Gasteiger partial charge >= 0.3 is 0 Å². The smallest absolute Gasteiger partial charge is 0.272 e. The first-order valence-corrected chi connectivity index (χ1v) is 8.69. The summed E-state index contributed by atoms with van der Waals surface area (Å²) in [6.07, 6.45) is 0. The molecule has 0 aliphatic heterocycles. The van der Waals surface area contributed by atoms with Gasteiger partial charge in [-0.15, -0.1) is 0 Å². The van der Waals surface area contributed by atoms with Crippen LogP contribution in [-0.4, -0.2) is 15.8 Å².